The molecular weight excluding hydrogens is 884 g/mol. The second-order valence-corrected chi connectivity index (χ2v) is 21.5. The Morgan fingerprint density at radius 3 is 1.47 bits per heavy atom. The molecule has 15 rings (SSSR count). The van der Waals surface area contributed by atoms with Gasteiger partial charge in [0.2, 0.25) is 0 Å². The summed E-state index contributed by atoms with van der Waals surface area (Å²) in [6, 6.07) is 69.6. The molecule has 4 aliphatic rings. The number of rotatable bonds is 4. The maximum Gasteiger partial charge on any atom is 0.256 e. The molecule has 4 aliphatic heterocycles. The van der Waals surface area contributed by atoms with Crippen molar-refractivity contribution in [1.82, 2.24) is 4.57 Å². The molecule has 0 saturated heterocycles. The molecule has 0 radical (unpaired) electrons. The Bertz CT molecular complexity index is 4190. The molecule has 0 bridgehead atoms. The summed E-state index contributed by atoms with van der Waals surface area (Å²) in [5.41, 5.74) is 31.7. The van der Waals surface area contributed by atoms with Crippen molar-refractivity contribution in [2.75, 3.05) is 9.80 Å². The van der Waals surface area contributed by atoms with E-state index in [1.54, 1.807) is 0 Å². The predicted octanol–water partition coefficient (Wildman–Crippen LogP) is 13.3. The number of ether oxygens (including phenoxy) is 1. The maximum atomic E-state index is 7.55. The van der Waals surface area contributed by atoms with E-state index in [0.717, 1.165) is 45.4 Å². The van der Waals surface area contributed by atoms with Gasteiger partial charge in [0.05, 0.1) is 5.52 Å². The van der Waals surface area contributed by atoms with Crippen LogP contribution in [0.15, 0.2) is 182 Å². The van der Waals surface area contributed by atoms with E-state index < -0.39 is 0 Å². The molecule has 0 unspecified atom stereocenters. The van der Waals surface area contributed by atoms with Gasteiger partial charge in [-0.05, 0) is 176 Å². The third-order valence-electron chi connectivity index (χ3n) is 16.4. The molecule has 0 atom stereocenters. The summed E-state index contributed by atoms with van der Waals surface area (Å²) in [4.78, 5) is 5.02. The van der Waals surface area contributed by atoms with Gasteiger partial charge in [0.25, 0.3) is 13.4 Å². The Morgan fingerprint density at radius 2 is 0.808 bits per heavy atom. The number of nitrogens with zero attached hydrogens (tertiary/aromatic N) is 3. The van der Waals surface area contributed by atoms with Crippen molar-refractivity contribution in [3.8, 4) is 39.4 Å². The monoisotopic (exact) mass is 935 g/mol. The lowest BCUT2D eigenvalue weighted by Crippen LogP contribution is -2.64. The first-order valence-corrected chi connectivity index (χ1v) is 25.8. The first-order chi connectivity index (χ1) is 35.5. The van der Waals surface area contributed by atoms with Crippen LogP contribution in [0.5, 0.6) is 11.5 Å². The van der Waals surface area contributed by atoms with E-state index in [0.29, 0.717) is 0 Å². The normalized spacial score (nSPS) is 13.4. The molecule has 5 heterocycles. The average Bonchev–Trinajstić information content (AvgIpc) is 3.72. The fraction of sp³-hybridized carbons (Fsp3) is 0.104. The minimum absolute atomic E-state index is 0.0613. The second kappa shape index (κ2) is 15.3. The van der Waals surface area contributed by atoms with Crippen LogP contribution in [0.4, 0.5) is 34.1 Å². The fourth-order valence-electron chi connectivity index (χ4n) is 12.9. The van der Waals surface area contributed by atoms with Crippen molar-refractivity contribution in [1.29, 1.82) is 0 Å². The van der Waals surface area contributed by atoms with Gasteiger partial charge >= 0.3 is 0 Å². The van der Waals surface area contributed by atoms with E-state index >= 15 is 0 Å². The Hall–Kier alpha value is -8.47. The van der Waals surface area contributed by atoms with Gasteiger partial charge in [-0.25, -0.2) is 0 Å². The molecule has 0 saturated carbocycles. The molecule has 0 fully saturated rings. The first-order valence-electron chi connectivity index (χ1n) is 25.8. The molecule has 1 aromatic heterocycles. The molecule has 73 heavy (non-hydrogen) atoms. The smallest absolute Gasteiger partial charge is 0.256 e. The molecule has 0 amide bonds. The number of aromatic nitrogens is 1. The van der Waals surface area contributed by atoms with E-state index in [9.17, 15) is 0 Å². The van der Waals surface area contributed by atoms with Gasteiger partial charge in [-0.2, -0.15) is 0 Å². The maximum absolute atomic E-state index is 7.55. The van der Waals surface area contributed by atoms with E-state index in [2.05, 4.69) is 245 Å². The Balaban J connectivity index is 1.06. The molecule has 6 heteroatoms. The van der Waals surface area contributed by atoms with Crippen LogP contribution in [-0.2, 0) is 0 Å². The van der Waals surface area contributed by atoms with Crippen LogP contribution in [-0.4, -0.2) is 18.0 Å². The van der Waals surface area contributed by atoms with Gasteiger partial charge in [0, 0.05) is 62.2 Å². The number of aryl methyl sites for hydroxylation is 7. The van der Waals surface area contributed by atoms with Crippen molar-refractivity contribution in [3.63, 3.8) is 0 Å². The summed E-state index contributed by atoms with van der Waals surface area (Å²) >= 11 is 0. The van der Waals surface area contributed by atoms with Crippen LogP contribution in [0.1, 0.15) is 38.9 Å². The zero-order valence-corrected chi connectivity index (χ0v) is 42.2. The van der Waals surface area contributed by atoms with Crippen molar-refractivity contribution in [2.24, 2.45) is 0 Å². The quantitative estimate of drug-likeness (QED) is 0.164. The highest BCUT2D eigenvalue weighted by molar-refractivity contribution is 7.02. The minimum atomic E-state index is -0.0872. The average molecular weight is 936 g/mol. The second-order valence-electron chi connectivity index (χ2n) is 21.5. The van der Waals surface area contributed by atoms with Gasteiger partial charge in [-0.1, -0.05) is 142 Å². The van der Waals surface area contributed by atoms with Crippen LogP contribution in [0.3, 0.4) is 0 Å². The van der Waals surface area contributed by atoms with E-state index in [-0.39, 0.29) is 13.4 Å². The SMILES string of the molecule is Cc1ccc(-c2cc3c4c(c2)N(c2ccc(C)cc2)c2ccc(C)cc2B4c2cc4c(cc2O3)N(c2ccc(C)cc2)c2cc(-c3ccc(C)cc3)cc3c2B4c2cc(C)cc4c5cc(C)ccc5n-3c24)cc1. The summed E-state index contributed by atoms with van der Waals surface area (Å²) in [6.45, 7) is 15.2. The minimum Gasteiger partial charge on any atom is -0.458 e. The van der Waals surface area contributed by atoms with Crippen molar-refractivity contribution in [2.45, 2.75) is 48.5 Å². The topological polar surface area (TPSA) is 20.6 Å². The summed E-state index contributed by atoms with van der Waals surface area (Å²) in [6.07, 6.45) is 0. The zero-order valence-electron chi connectivity index (χ0n) is 42.2. The Kier molecular flexibility index (Phi) is 8.84. The lowest BCUT2D eigenvalue weighted by Gasteiger charge is -2.43. The Morgan fingerprint density at radius 1 is 0.315 bits per heavy atom. The molecule has 0 N–H and O–H groups in total. The summed E-state index contributed by atoms with van der Waals surface area (Å²) < 4.78 is 10.2. The third-order valence-corrected chi connectivity index (χ3v) is 16.4. The predicted molar refractivity (Wildman–Crippen MR) is 310 cm³/mol. The Labute approximate surface area is 427 Å². The number of hydrogen-bond donors (Lipinski definition) is 0. The molecule has 4 nitrogen and oxygen atoms in total. The summed E-state index contributed by atoms with van der Waals surface area (Å²) in [7, 11) is 0. The van der Waals surface area contributed by atoms with Gasteiger partial charge in [-0.3, -0.25) is 0 Å². The summed E-state index contributed by atoms with van der Waals surface area (Å²) in [5, 5.41) is 2.60. The largest absolute Gasteiger partial charge is 0.458 e. The van der Waals surface area contributed by atoms with Crippen molar-refractivity contribution < 1.29 is 4.74 Å². The highest BCUT2D eigenvalue weighted by Crippen LogP contribution is 2.48. The molecule has 346 valence electrons. The molecule has 0 spiro atoms. The highest BCUT2D eigenvalue weighted by atomic mass is 16.5. The van der Waals surface area contributed by atoms with Crippen molar-refractivity contribution >= 4 is 102 Å². The van der Waals surface area contributed by atoms with Crippen LogP contribution in [0.25, 0.3) is 49.7 Å². The number of benzene rings is 10. The van der Waals surface area contributed by atoms with Gasteiger partial charge in [-0.15, -0.1) is 0 Å². The highest BCUT2D eigenvalue weighted by Gasteiger charge is 2.47. The molecule has 10 aromatic carbocycles. The molecular formula is C67H51B2N3O. The van der Waals surface area contributed by atoms with Crippen molar-refractivity contribution in [3.05, 3.63) is 221 Å². The molecule has 0 aliphatic carbocycles. The number of fused-ring (bicyclic) bond motifs is 11. The van der Waals surface area contributed by atoms with Gasteiger partial charge in [0.15, 0.2) is 0 Å². The van der Waals surface area contributed by atoms with E-state index in [4.69, 9.17) is 4.74 Å². The number of hydrogen-bond acceptors (Lipinski definition) is 3. The van der Waals surface area contributed by atoms with Gasteiger partial charge < -0.3 is 19.1 Å². The van der Waals surface area contributed by atoms with Crippen LogP contribution < -0.4 is 47.3 Å². The standard InChI is InChI=1S/C67H51B2N3O/c1-38-8-18-45(19-9-38)47-32-60-65-61(33-47)72-57-26-16-42(5)28-51(57)52-29-44(7)31-56(67(52)72)69(65)54-36-55-63(37-59(54)71(60)50-24-14-41(4)15-25-50)73-64-35-48(46-20-10-39(2)11-21-46)34-62-66(64)68(55)53-30-43(6)17-27-58(53)70(62)49-22-12-40(3)13-23-49/h8-37H,1-7H3. The third kappa shape index (κ3) is 6.16. The van der Waals surface area contributed by atoms with Crippen LogP contribution in [0, 0.1) is 48.5 Å². The van der Waals surface area contributed by atoms with Gasteiger partial charge in [0.1, 0.15) is 11.5 Å². The van der Waals surface area contributed by atoms with E-state index in [1.807, 2.05) is 0 Å². The fourth-order valence-corrected chi connectivity index (χ4v) is 12.9. The lowest BCUT2D eigenvalue weighted by molar-refractivity contribution is 0.488. The lowest BCUT2D eigenvalue weighted by atomic mass is 9.30. The zero-order chi connectivity index (χ0) is 49.1. The molecule has 11 aromatic rings. The first kappa shape index (κ1) is 42.2. The number of anilines is 6. The summed E-state index contributed by atoms with van der Waals surface area (Å²) in [5.74, 6) is 1.79. The van der Waals surface area contributed by atoms with E-state index in [1.165, 1.54) is 122 Å². The van der Waals surface area contributed by atoms with Crippen LogP contribution >= 0.6 is 0 Å². The van der Waals surface area contributed by atoms with Crippen LogP contribution in [0.2, 0.25) is 0 Å².